The lowest BCUT2D eigenvalue weighted by Gasteiger charge is -2.16. The Labute approximate surface area is 210 Å². The number of aliphatic imine (C=N–C) groups is 1. The van der Waals surface area contributed by atoms with Gasteiger partial charge in [-0.15, -0.1) is 0 Å². The Morgan fingerprint density at radius 1 is 0.943 bits per heavy atom. The van der Waals surface area contributed by atoms with Crippen molar-refractivity contribution in [2.45, 2.75) is 36.2 Å². The molecule has 35 heavy (non-hydrogen) atoms. The highest BCUT2D eigenvalue weighted by atomic mass is 32.2. The number of fused-ring (bicyclic) bond motifs is 2. The first-order valence-corrected chi connectivity index (χ1v) is 12.7. The van der Waals surface area contributed by atoms with Gasteiger partial charge in [-0.25, -0.2) is 9.79 Å². The van der Waals surface area contributed by atoms with Crippen LogP contribution in [0, 0.1) is 0 Å². The zero-order valence-corrected chi connectivity index (χ0v) is 20.8. The lowest BCUT2D eigenvalue weighted by atomic mass is 10.1. The van der Waals surface area contributed by atoms with Gasteiger partial charge in [-0.05, 0) is 49.7 Å². The molecule has 0 aliphatic carbocycles. The van der Waals surface area contributed by atoms with Gasteiger partial charge in [-0.2, -0.15) is 0 Å². The third-order valence-corrected chi connectivity index (χ3v) is 6.53. The first kappa shape index (κ1) is 24.8. The summed E-state index contributed by atoms with van der Waals surface area (Å²) >= 11 is 1.73. The molecule has 0 amide bonds. The summed E-state index contributed by atoms with van der Waals surface area (Å²) in [6.07, 6.45) is -0.129. The third-order valence-electron chi connectivity index (χ3n) is 5.38. The Balaban J connectivity index is 1.33. The molecule has 1 N–H and O–H groups in total. The number of para-hydroxylation sites is 1. The Bertz CT molecular complexity index is 1160. The minimum Gasteiger partial charge on any atom is -0.492 e. The fourth-order valence-corrected chi connectivity index (χ4v) is 4.76. The molecule has 1 unspecified atom stereocenters. The van der Waals surface area contributed by atoms with Crippen molar-refractivity contribution in [1.29, 1.82) is 0 Å². The molecule has 1 aliphatic rings. The number of hydrogen-bond acceptors (Lipinski definition) is 7. The van der Waals surface area contributed by atoms with Gasteiger partial charge in [0, 0.05) is 28.4 Å². The predicted octanol–water partition coefficient (Wildman–Crippen LogP) is 5.41. The summed E-state index contributed by atoms with van der Waals surface area (Å²) in [4.78, 5) is 19.3. The number of carbonyl (C=O) groups excluding carboxylic acids is 1. The van der Waals surface area contributed by atoms with Gasteiger partial charge in [-0.1, -0.05) is 54.2 Å². The monoisotopic (exact) mass is 490 g/mol. The van der Waals surface area contributed by atoms with Gasteiger partial charge in [0.25, 0.3) is 0 Å². The van der Waals surface area contributed by atoms with Gasteiger partial charge >= 0.3 is 5.97 Å². The Hall–Kier alpha value is -3.29. The second-order valence-electron chi connectivity index (χ2n) is 7.85. The number of amidine groups is 1. The maximum atomic E-state index is 12.1. The molecule has 0 spiro atoms. The van der Waals surface area contributed by atoms with E-state index < -0.39 is 6.10 Å². The molecule has 1 aliphatic heterocycles. The van der Waals surface area contributed by atoms with Crippen LogP contribution in [0.15, 0.2) is 87.6 Å². The quantitative estimate of drug-likeness (QED) is 0.303. The fourth-order valence-electron chi connectivity index (χ4n) is 3.74. The van der Waals surface area contributed by atoms with Gasteiger partial charge in [0.15, 0.2) is 6.10 Å². The smallest absolute Gasteiger partial charge is 0.335 e. The maximum Gasteiger partial charge on any atom is 0.335 e. The van der Waals surface area contributed by atoms with Gasteiger partial charge in [0.1, 0.15) is 18.2 Å². The van der Waals surface area contributed by atoms with Crippen molar-refractivity contribution in [3.8, 4) is 5.75 Å². The summed E-state index contributed by atoms with van der Waals surface area (Å²) in [6, 6.07) is 24.2. The van der Waals surface area contributed by atoms with E-state index in [2.05, 4.69) is 23.5 Å². The van der Waals surface area contributed by atoms with Crippen LogP contribution in [-0.4, -0.2) is 44.3 Å². The van der Waals surface area contributed by atoms with Crippen LogP contribution >= 0.6 is 11.8 Å². The summed E-state index contributed by atoms with van der Waals surface area (Å²) in [5.41, 5.74) is 3.03. The summed E-state index contributed by atoms with van der Waals surface area (Å²) in [5, 5.41) is 3.45. The SMILES string of the molecule is CCOC(=O)C(Cc1ccc(OCCNC2=Nc3ccccc3Sc3ccccc32)cc1)OCC. The van der Waals surface area contributed by atoms with Crippen molar-refractivity contribution >= 4 is 29.3 Å². The molecule has 4 rings (SSSR count). The standard InChI is InChI=1S/C28H30N2O4S/c1-3-32-24(28(31)33-4-2)19-20-13-15-21(16-14-20)34-18-17-29-27-22-9-5-7-11-25(22)35-26-12-8-6-10-23(26)30-27/h5-16,24H,3-4,17-19H2,1-2H3,(H,29,30). The molecule has 0 saturated carbocycles. The van der Waals surface area contributed by atoms with Crippen LogP contribution in [0.25, 0.3) is 0 Å². The topological polar surface area (TPSA) is 69.2 Å². The van der Waals surface area contributed by atoms with Crippen molar-refractivity contribution in [2.75, 3.05) is 26.4 Å². The fraction of sp³-hybridized carbons (Fsp3) is 0.286. The highest BCUT2D eigenvalue weighted by molar-refractivity contribution is 7.99. The van der Waals surface area contributed by atoms with Gasteiger partial charge in [0.05, 0.1) is 18.8 Å². The number of nitrogens with zero attached hydrogens (tertiary/aromatic N) is 1. The van der Waals surface area contributed by atoms with Crippen LogP contribution in [-0.2, 0) is 20.7 Å². The molecule has 0 bridgehead atoms. The van der Waals surface area contributed by atoms with E-state index in [9.17, 15) is 4.79 Å². The van der Waals surface area contributed by atoms with Crippen LogP contribution in [0.2, 0.25) is 0 Å². The van der Waals surface area contributed by atoms with E-state index in [0.29, 0.717) is 32.8 Å². The summed E-state index contributed by atoms with van der Waals surface area (Å²) in [5.74, 6) is 1.28. The molecule has 0 aromatic heterocycles. The molecule has 1 heterocycles. The minimum absolute atomic E-state index is 0.329. The second-order valence-corrected chi connectivity index (χ2v) is 8.93. The van der Waals surface area contributed by atoms with Crippen LogP contribution in [0.3, 0.4) is 0 Å². The zero-order chi connectivity index (χ0) is 24.5. The van der Waals surface area contributed by atoms with Crippen molar-refractivity contribution < 1.29 is 19.0 Å². The third kappa shape index (κ3) is 6.65. The van der Waals surface area contributed by atoms with E-state index in [-0.39, 0.29) is 5.97 Å². The number of hydrogen-bond donors (Lipinski definition) is 1. The van der Waals surface area contributed by atoms with E-state index in [4.69, 9.17) is 19.2 Å². The van der Waals surface area contributed by atoms with Gasteiger partial charge in [0.2, 0.25) is 0 Å². The van der Waals surface area contributed by atoms with Crippen molar-refractivity contribution in [2.24, 2.45) is 4.99 Å². The van der Waals surface area contributed by atoms with Crippen LogP contribution in [0.4, 0.5) is 5.69 Å². The molecule has 0 fully saturated rings. The number of benzene rings is 3. The van der Waals surface area contributed by atoms with Crippen molar-refractivity contribution in [3.63, 3.8) is 0 Å². The predicted molar refractivity (Wildman–Crippen MR) is 139 cm³/mol. The molecule has 0 saturated heterocycles. The van der Waals surface area contributed by atoms with Gasteiger partial charge in [-0.3, -0.25) is 0 Å². The second kappa shape index (κ2) is 12.4. The largest absolute Gasteiger partial charge is 0.492 e. The molecule has 3 aromatic carbocycles. The number of ether oxygens (including phenoxy) is 3. The van der Waals surface area contributed by atoms with E-state index in [0.717, 1.165) is 33.3 Å². The first-order chi connectivity index (χ1) is 17.2. The van der Waals surface area contributed by atoms with Crippen LogP contribution in [0.1, 0.15) is 25.0 Å². The van der Waals surface area contributed by atoms with Crippen molar-refractivity contribution in [3.05, 3.63) is 83.9 Å². The molecule has 7 heteroatoms. The average molecular weight is 491 g/mol. The van der Waals surface area contributed by atoms with E-state index in [1.807, 2.05) is 61.5 Å². The van der Waals surface area contributed by atoms with Crippen LogP contribution in [0.5, 0.6) is 5.75 Å². The number of rotatable bonds is 10. The minimum atomic E-state index is -0.595. The van der Waals surface area contributed by atoms with E-state index in [1.54, 1.807) is 18.7 Å². The highest BCUT2D eigenvalue weighted by Crippen LogP contribution is 2.39. The molecule has 3 aromatic rings. The molecular weight excluding hydrogens is 460 g/mol. The maximum absolute atomic E-state index is 12.1. The summed E-state index contributed by atoms with van der Waals surface area (Å²) in [6.45, 7) is 5.55. The summed E-state index contributed by atoms with van der Waals surface area (Å²) in [7, 11) is 0. The summed E-state index contributed by atoms with van der Waals surface area (Å²) < 4.78 is 16.6. The van der Waals surface area contributed by atoms with E-state index >= 15 is 0 Å². The number of nitrogens with one attached hydrogen (secondary N) is 1. The number of esters is 1. The van der Waals surface area contributed by atoms with Crippen LogP contribution < -0.4 is 10.1 Å². The Kier molecular flexibility index (Phi) is 8.81. The molecular formula is C28H30N2O4S. The van der Waals surface area contributed by atoms with Crippen molar-refractivity contribution in [1.82, 2.24) is 5.32 Å². The highest BCUT2D eigenvalue weighted by Gasteiger charge is 2.20. The Morgan fingerprint density at radius 3 is 2.46 bits per heavy atom. The molecule has 6 nitrogen and oxygen atoms in total. The van der Waals surface area contributed by atoms with Gasteiger partial charge < -0.3 is 19.5 Å². The normalized spacial score (nSPS) is 13.0. The molecule has 1 atom stereocenters. The molecule has 182 valence electrons. The lowest BCUT2D eigenvalue weighted by molar-refractivity contribution is -0.156. The molecule has 0 radical (unpaired) electrons. The lowest BCUT2D eigenvalue weighted by Crippen LogP contribution is -2.29. The average Bonchev–Trinajstić information content (AvgIpc) is 3.04. The first-order valence-electron chi connectivity index (χ1n) is 11.9. The Morgan fingerprint density at radius 2 is 1.69 bits per heavy atom. The van der Waals surface area contributed by atoms with E-state index in [1.165, 1.54) is 4.90 Å². The number of carbonyl (C=O) groups is 1. The zero-order valence-electron chi connectivity index (χ0n) is 20.0.